The molecule has 1 saturated carbocycles. The number of nitrogens with one attached hydrogen (secondary N) is 1. The van der Waals surface area contributed by atoms with Crippen LogP contribution in [-0.4, -0.2) is 65.6 Å². The van der Waals surface area contributed by atoms with Crippen LogP contribution >= 0.6 is 23.4 Å². The van der Waals surface area contributed by atoms with Crippen LogP contribution in [0.2, 0.25) is 5.02 Å². The molecule has 2 saturated heterocycles. The van der Waals surface area contributed by atoms with Crippen molar-refractivity contribution >= 4 is 41.3 Å². The van der Waals surface area contributed by atoms with Gasteiger partial charge in [-0.1, -0.05) is 49.4 Å². The molecule has 0 radical (unpaired) electrons. The molecule has 4 rings (SSSR count). The fourth-order valence-corrected chi connectivity index (χ4v) is 6.88. The minimum atomic E-state index is -0.0439. The van der Waals surface area contributed by atoms with Gasteiger partial charge in [0.25, 0.3) is 5.91 Å². The summed E-state index contributed by atoms with van der Waals surface area (Å²) in [6.45, 7) is 4.22. The highest BCUT2D eigenvalue weighted by Crippen LogP contribution is 2.42. The van der Waals surface area contributed by atoms with Gasteiger partial charge >= 0.3 is 0 Å². The molecule has 7 heteroatoms. The molecule has 2 heterocycles. The van der Waals surface area contributed by atoms with Gasteiger partial charge in [0.15, 0.2) is 0 Å². The number of rotatable bonds is 7. The van der Waals surface area contributed by atoms with E-state index in [0.29, 0.717) is 16.8 Å². The first kappa shape index (κ1) is 24.6. The Bertz CT molecular complexity index is 854. The van der Waals surface area contributed by atoms with E-state index in [1.807, 2.05) is 35.2 Å². The van der Waals surface area contributed by atoms with Crippen molar-refractivity contribution in [3.63, 3.8) is 0 Å². The van der Waals surface area contributed by atoms with E-state index in [-0.39, 0.29) is 24.4 Å². The standard InChI is InChI=1S/C26H36ClN3O2S/c27-21-10-7-9-20(17-21)18-24-26(32)30(22-11-3-4-12-23(22)33-24)19-25(31)28-13-8-16-29-14-5-1-2-6-15-29/h7,9-10,17-18,22-23H,1-6,8,11-16,19H2,(H,28,31)/b24-18-. The Kier molecular flexibility index (Phi) is 9.16. The van der Waals surface area contributed by atoms with Crippen molar-refractivity contribution in [3.05, 3.63) is 39.8 Å². The number of benzene rings is 1. The van der Waals surface area contributed by atoms with E-state index < -0.39 is 0 Å². The Morgan fingerprint density at radius 1 is 1.12 bits per heavy atom. The molecule has 1 aromatic carbocycles. The number of hydrogen-bond donors (Lipinski definition) is 1. The summed E-state index contributed by atoms with van der Waals surface area (Å²) in [5.74, 6) is -0.0691. The third kappa shape index (κ3) is 7.00. The second kappa shape index (κ2) is 12.3. The molecule has 1 aromatic rings. The highest BCUT2D eigenvalue weighted by Gasteiger charge is 2.41. The van der Waals surface area contributed by atoms with E-state index in [0.717, 1.165) is 42.7 Å². The van der Waals surface area contributed by atoms with Crippen LogP contribution in [0.5, 0.6) is 0 Å². The van der Waals surface area contributed by atoms with Crippen molar-refractivity contribution in [2.45, 2.75) is 69.1 Å². The molecule has 180 valence electrons. The first-order valence-corrected chi connectivity index (χ1v) is 13.8. The minimum absolute atomic E-state index is 0.0251. The van der Waals surface area contributed by atoms with Crippen LogP contribution in [0.3, 0.4) is 0 Å². The van der Waals surface area contributed by atoms with E-state index in [1.54, 1.807) is 11.8 Å². The van der Waals surface area contributed by atoms with Gasteiger partial charge < -0.3 is 15.1 Å². The average Bonchev–Trinajstić information content (AvgIpc) is 3.08. The fraction of sp³-hybridized carbons (Fsp3) is 0.615. The predicted octanol–water partition coefficient (Wildman–Crippen LogP) is 4.95. The van der Waals surface area contributed by atoms with E-state index in [9.17, 15) is 9.59 Å². The molecular weight excluding hydrogens is 454 g/mol. The van der Waals surface area contributed by atoms with Crippen molar-refractivity contribution in [3.8, 4) is 0 Å². The number of carbonyl (C=O) groups excluding carboxylic acids is 2. The number of likely N-dealkylation sites (tertiary alicyclic amines) is 1. The molecule has 2 unspecified atom stereocenters. The van der Waals surface area contributed by atoms with Crippen LogP contribution in [0.4, 0.5) is 0 Å². The Morgan fingerprint density at radius 3 is 2.70 bits per heavy atom. The highest BCUT2D eigenvalue weighted by atomic mass is 35.5. The number of nitrogens with zero attached hydrogens (tertiary/aromatic N) is 2. The Morgan fingerprint density at radius 2 is 1.91 bits per heavy atom. The van der Waals surface area contributed by atoms with Gasteiger partial charge in [0.05, 0.1) is 4.91 Å². The third-order valence-corrected chi connectivity index (χ3v) is 8.58. The van der Waals surface area contributed by atoms with Gasteiger partial charge in [0.2, 0.25) is 5.91 Å². The van der Waals surface area contributed by atoms with Gasteiger partial charge in [-0.05, 0) is 75.5 Å². The Balaban J connectivity index is 1.34. The van der Waals surface area contributed by atoms with Gasteiger partial charge in [0, 0.05) is 22.9 Å². The normalized spacial score (nSPS) is 25.5. The summed E-state index contributed by atoms with van der Waals surface area (Å²) < 4.78 is 0. The average molecular weight is 490 g/mol. The molecule has 0 spiro atoms. The third-order valence-electron chi connectivity index (χ3n) is 6.95. The molecule has 1 aliphatic carbocycles. The van der Waals surface area contributed by atoms with Crippen LogP contribution in [-0.2, 0) is 9.59 Å². The summed E-state index contributed by atoms with van der Waals surface area (Å²) in [4.78, 5) is 31.2. The van der Waals surface area contributed by atoms with Gasteiger partial charge in [-0.2, -0.15) is 0 Å². The zero-order valence-corrected chi connectivity index (χ0v) is 21.0. The Labute approximate surface area is 207 Å². The first-order chi connectivity index (χ1) is 16.1. The van der Waals surface area contributed by atoms with E-state index in [1.165, 1.54) is 45.2 Å². The molecule has 33 heavy (non-hydrogen) atoms. The lowest BCUT2D eigenvalue weighted by Gasteiger charge is -2.43. The van der Waals surface area contributed by atoms with Gasteiger partial charge in [-0.15, -0.1) is 11.8 Å². The molecule has 2 amide bonds. The fourth-order valence-electron chi connectivity index (χ4n) is 5.21. The summed E-state index contributed by atoms with van der Waals surface area (Å²) in [5.41, 5.74) is 0.922. The molecule has 1 N–H and O–H groups in total. The maximum atomic E-state index is 13.4. The molecule has 2 aliphatic heterocycles. The monoisotopic (exact) mass is 489 g/mol. The number of hydrogen-bond acceptors (Lipinski definition) is 4. The van der Waals surface area contributed by atoms with E-state index >= 15 is 0 Å². The lowest BCUT2D eigenvalue weighted by atomic mass is 9.93. The number of halogens is 1. The summed E-state index contributed by atoms with van der Waals surface area (Å²) >= 11 is 7.82. The molecule has 2 atom stereocenters. The van der Waals surface area contributed by atoms with Crippen molar-refractivity contribution in [2.75, 3.05) is 32.7 Å². The van der Waals surface area contributed by atoms with Crippen molar-refractivity contribution in [1.82, 2.24) is 15.1 Å². The van der Waals surface area contributed by atoms with Crippen LogP contribution in [0.15, 0.2) is 29.2 Å². The van der Waals surface area contributed by atoms with Crippen LogP contribution in [0.1, 0.15) is 63.4 Å². The van der Waals surface area contributed by atoms with Crippen LogP contribution in [0, 0.1) is 0 Å². The summed E-state index contributed by atoms with van der Waals surface area (Å²) in [5, 5.41) is 4.09. The van der Waals surface area contributed by atoms with Gasteiger partial charge in [-0.25, -0.2) is 0 Å². The number of fused-ring (bicyclic) bond motifs is 1. The topological polar surface area (TPSA) is 52.7 Å². The second-order valence-corrected chi connectivity index (χ2v) is 11.2. The molecular formula is C26H36ClN3O2S. The van der Waals surface area contributed by atoms with Crippen LogP contribution in [0.25, 0.3) is 6.08 Å². The summed E-state index contributed by atoms with van der Waals surface area (Å²) in [6.07, 6.45) is 12.5. The van der Waals surface area contributed by atoms with Crippen molar-refractivity contribution < 1.29 is 9.59 Å². The maximum absolute atomic E-state index is 13.4. The first-order valence-electron chi connectivity index (χ1n) is 12.5. The SMILES string of the molecule is O=C(CN1C(=O)/C(=C/c2cccc(Cl)c2)SC2CCCCC21)NCCCN1CCCCCC1. The van der Waals surface area contributed by atoms with Crippen molar-refractivity contribution in [2.24, 2.45) is 0 Å². The zero-order valence-electron chi connectivity index (χ0n) is 19.4. The lowest BCUT2D eigenvalue weighted by molar-refractivity contribution is -0.135. The largest absolute Gasteiger partial charge is 0.355 e. The van der Waals surface area contributed by atoms with E-state index in [2.05, 4.69) is 10.2 Å². The molecule has 0 aromatic heterocycles. The number of amides is 2. The smallest absolute Gasteiger partial charge is 0.261 e. The summed E-state index contributed by atoms with van der Waals surface area (Å²) in [7, 11) is 0. The maximum Gasteiger partial charge on any atom is 0.261 e. The van der Waals surface area contributed by atoms with Crippen LogP contribution < -0.4 is 5.32 Å². The quantitative estimate of drug-likeness (QED) is 0.435. The Hall–Kier alpha value is -1.50. The number of carbonyl (C=O) groups is 2. The van der Waals surface area contributed by atoms with Gasteiger partial charge in [-0.3, -0.25) is 9.59 Å². The molecule has 0 bridgehead atoms. The molecule has 3 fully saturated rings. The number of thioether (sulfide) groups is 1. The van der Waals surface area contributed by atoms with E-state index in [4.69, 9.17) is 11.6 Å². The van der Waals surface area contributed by atoms with Gasteiger partial charge in [0.1, 0.15) is 6.54 Å². The lowest BCUT2D eigenvalue weighted by Crippen LogP contribution is -2.54. The molecule has 5 nitrogen and oxygen atoms in total. The zero-order chi connectivity index (χ0) is 23.0. The van der Waals surface area contributed by atoms with Crippen molar-refractivity contribution in [1.29, 1.82) is 0 Å². The minimum Gasteiger partial charge on any atom is -0.355 e. The molecule has 3 aliphatic rings. The highest BCUT2D eigenvalue weighted by molar-refractivity contribution is 8.04. The second-order valence-electron chi connectivity index (χ2n) is 9.46. The predicted molar refractivity (Wildman–Crippen MR) is 137 cm³/mol. The summed E-state index contributed by atoms with van der Waals surface area (Å²) in [6, 6.07) is 7.71.